The van der Waals surface area contributed by atoms with Crippen LogP contribution in [0.5, 0.6) is 17.2 Å². The summed E-state index contributed by atoms with van der Waals surface area (Å²) >= 11 is 0. The summed E-state index contributed by atoms with van der Waals surface area (Å²) < 4.78 is 18.4. The zero-order valence-corrected chi connectivity index (χ0v) is 29.6. The maximum absolute atomic E-state index is 13.2. The molecule has 0 unspecified atom stereocenters. The predicted octanol–water partition coefficient (Wildman–Crippen LogP) is 7.66. The number of fused-ring (bicyclic) bond motifs is 7. The lowest BCUT2D eigenvalue weighted by atomic mass is 9.84. The van der Waals surface area contributed by atoms with Gasteiger partial charge in [-0.1, -0.05) is 53.7 Å². The van der Waals surface area contributed by atoms with Crippen molar-refractivity contribution in [3.63, 3.8) is 0 Å². The molecule has 6 rings (SSSR count). The van der Waals surface area contributed by atoms with Gasteiger partial charge in [0.2, 0.25) is 0 Å². The third-order valence-electron chi connectivity index (χ3n) is 9.36. The Morgan fingerprint density at radius 2 is 0.840 bits per heavy atom. The first-order valence-electron chi connectivity index (χ1n) is 16.8. The zero-order valence-electron chi connectivity index (χ0n) is 29.6. The van der Waals surface area contributed by atoms with Crippen LogP contribution in [0.15, 0.2) is 60.7 Å². The molecule has 0 fully saturated rings. The highest BCUT2D eigenvalue weighted by molar-refractivity contribution is 6.21. The maximum atomic E-state index is 13.2. The van der Waals surface area contributed by atoms with Gasteiger partial charge >= 0.3 is 0 Å². The van der Waals surface area contributed by atoms with Gasteiger partial charge in [0.25, 0.3) is 11.8 Å². The van der Waals surface area contributed by atoms with E-state index in [2.05, 4.69) is 41.5 Å². The lowest BCUT2D eigenvalue weighted by Gasteiger charge is -2.24. The highest BCUT2D eigenvalue weighted by Crippen LogP contribution is 2.36. The van der Waals surface area contributed by atoms with Gasteiger partial charge in [-0.25, -0.2) is 0 Å². The van der Waals surface area contributed by atoms with Gasteiger partial charge in [-0.15, -0.1) is 0 Å². The Labute approximate surface area is 293 Å². The van der Waals surface area contributed by atoms with Crippen LogP contribution in [0.25, 0.3) is 0 Å². The molecule has 2 heterocycles. The van der Waals surface area contributed by atoms with Gasteiger partial charge in [-0.05, 0) is 76.1 Å². The van der Waals surface area contributed by atoms with Crippen molar-refractivity contribution in [2.24, 2.45) is 0 Å². The van der Waals surface area contributed by atoms with E-state index in [9.17, 15) is 24.9 Å². The smallest absolute Gasteiger partial charge is 0.261 e. The molecule has 9 nitrogen and oxygen atoms in total. The Morgan fingerprint density at radius 3 is 1.14 bits per heavy atom. The molecule has 3 N–H and O–H groups in total. The van der Waals surface area contributed by atoms with Crippen molar-refractivity contribution in [1.82, 2.24) is 4.90 Å². The van der Waals surface area contributed by atoms with E-state index in [-0.39, 0.29) is 86.1 Å². The lowest BCUT2D eigenvalue weighted by Crippen LogP contribution is -2.29. The summed E-state index contributed by atoms with van der Waals surface area (Å²) in [6, 6.07) is 17.9. The average molecular weight is 680 g/mol. The van der Waals surface area contributed by atoms with E-state index in [0.29, 0.717) is 50.1 Å². The molecular weight excluding hydrogens is 634 g/mol. The minimum Gasteiger partial charge on any atom is -0.507 e. The van der Waals surface area contributed by atoms with Crippen LogP contribution in [0.3, 0.4) is 0 Å². The Morgan fingerprint density at radius 1 is 0.540 bits per heavy atom. The number of benzene rings is 4. The number of imide groups is 1. The number of amides is 2. The molecule has 0 saturated carbocycles. The largest absolute Gasteiger partial charge is 0.507 e. The molecule has 0 radical (unpaired) electrons. The van der Waals surface area contributed by atoms with Crippen molar-refractivity contribution in [3.05, 3.63) is 122 Å². The second-order valence-corrected chi connectivity index (χ2v) is 15.3. The van der Waals surface area contributed by atoms with Crippen molar-refractivity contribution >= 4 is 11.8 Å². The van der Waals surface area contributed by atoms with E-state index < -0.39 is 0 Å². The van der Waals surface area contributed by atoms with Crippen LogP contribution < -0.4 is 0 Å². The zero-order chi connectivity index (χ0) is 36.0. The van der Waals surface area contributed by atoms with Crippen molar-refractivity contribution in [3.8, 4) is 17.2 Å². The average Bonchev–Trinajstić information content (AvgIpc) is 3.29. The number of ether oxygens (including phenoxy) is 3. The molecule has 50 heavy (non-hydrogen) atoms. The summed E-state index contributed by atoms with van der Waals surface area (Å²) in [5.74, 6) is -0.674. The molecule has 2 amide bonds. The van der Waals surface area contributed by atoms with Crippen LogP contribution in [-0.4, -0.2) is 32.0 Å². The summed E-state index contributed by atoms with van der Waals surface area (Å²) in [4.78, 5) is 27.6. The third-order valence-corrected chi connectivity index (χ3v) is 9.36. The fourth-order valence-electron chi connectivity index (χ4n) is 6.35. The number of carbonyl (C=O) groups is 2. The van der Waals surface area contributed by atoms with Crippen LogP contribution >= 0.6 is 0 Å². The minimum absolute atomic E-state index is 0.0117. The van der Waals surface area contributed by atoms with Crippen LogP contribution in [0.1, 0.15) is 112 Å². The Kier molecular flexibility index (Phi) is 9.52. The number of carbonyl (C=O) groups excluding carboxylic acids is 2. The van der Waals surface area contributed by atoms with Crippen LogP contribution in [-0.2, 0) is 71.2 Å². The molecule has 0 saturated heterocycles. The maximum Gasteiger partial charge on any atom is 0.261 e. The van der Waals surface area contributed by atoms with Gasteiger partial charge in [0.05, 0.1) is 57.3 Å². The summed E-state index contributed by atoms with van der Waals surface area (Å²) in [7, 11) is 0. The molecule has 262 valence electrons. The number of aromatic hydroxyl groups is 3. The number of rotatable bonds is 2. The van der Waals surface area contributed by atoms with Gasteiger partial charge in [0, 0.05) is 33.4 Å². The second kappa shape index (κ2) is 13.5. The molecule has 0 aromatic heterocycles. The van der Waals surface area contributed by atoms with Gasteiger partial charge < -0.3 is 29.5 Å². The van der Waals surface area contributed by atoms with E-state index in [4.69, 9.17) is 14.2 Å². The summed E-state index contributed by atoms with van der Waals surface area (Å²) in [5, 5.41) is 34.1. The number of phenolic OH excluding ortho intramolecular Hbond substituents is 3. The molecular formula is C41H45NO8. The Balaban J connectivity index is 1.40. The number of hydrogen-bond donors (Lipinski definition) is 3. The number of nitrogens with zero attached hydrogens (tertiary/aromatic N) is 1. The van der Waals surface area contributed by atoms with Crippen molar-refractivity contribution in [1.29, 1.82) is 0 Å². The summed E-state index contributed by atoms with van der Waals surface area (Å²) in [6.07, 6.45) is 0. The van der Waals surface area contributed by atoms with Crippen LogP contribution in [0.4, 0.5) is 0 Å². The first-order chi connectivity index (χ1) is 23.6. The molecule has 2 aliphatic heterocycles. The van der Waals surface area contributed by atoms with E-state index in [0.717, 1.165) is 11.1 Å². The molecule has 4 aromatic carbocycles. The highest BCUT2D eigenvalue weighted by atomic mass is 16.5. The van der Waals surface area contributed by atoms with Gasteiger partial charge in [-0.2, -0.15) is 0 Å². The number of phenols is 3. The number of hydrogen-bond acceptors (Lipinski definition) is 8. The Bertz CT molecular complexity index is 1830. The predicted molar refractivity (Wildman–Crippen MR) is 188 cm³/mol. The van der Waals surface area contributed by atoms with E-state index >= 15 is 0 Å². The van der Waals surface area contributed by atoms with Gasteiger partial charge in [0.1, 0.15) is 17.2 Å². The van der Waals surface area contributed by atoms with Crippen molar-refractivity contribution in [2.45, 2.75) is 98.6 Å². The third kappa shape index (κ3) is 7.12. The van der Waals surface area contributed by atoms with E-state index in [1.807, 2.05) is 24.3 Å². The van der Waals surface area contributed by atoms with Crippen LogP contribution in [0.2, 0.25) is 0 Å². The quantitative estimate of drug-likeness (QED) is 0.185. The molecule has 2 aliphatic rings. The van der Waals surface area contributed by atoms with Crippen molar-refractivity contribution < 1.29 is 39.1 Å². The fraction of sp³-hybridized carbons (Fsp3) is 0.366. The van der Waals surface area contributed by atoms with Gasteiger partial charge in [0.15, 0.2) is 0 Å². The fourth-order valence-corrected chi connectivity index (χ4v) is 6.35. The Hall–Kier alpha value is -4.70. The van der Waals surface area contributed by atoms with Gasteiger partial charge in [-0.3, -0.25) is 14.5 Å². The first-order valence-corrected chi connectivity index (χ1v) is 16.8. The lowest BCUT2D eigenvalue weighted by molar-refractivity contribution is 0.0642. The minimum atomic E-state index is -0.380. The summed E-state index contributed by atoms with van der Waals surface area (Å²) in [5.41, 5.74) is 6.07. The molecule has 0 aliphatic carbocycles. The molecule has 4 aromatic rings. The monoisotopic (exact) mass is 679 g/mol. The van der Waals surface area contributed by atoms with Crippen LogP contribution in [0, 0.1) is 0 Å². The molecule has 0 spiro atoms. The molecule has 6 bridgehead atoms. The first kappa shape index (κ1) is 35.1. The molecule has 9 heteroatoms. The normalized spacial score (nSPS) is 15.8. The summed E-state index contributed by atoms with van der Waals surface area (Å²) in [6.45, 7) is 12.8. The highest BCUT2D eigenvalue weighted by Gasteiger charge is 2.35. The SMILES string of the molecule is CC(C)(C)c1cc2c(O)c(c1)COCc1cc(C(C)(C)C)cc(c1O)COCc1cc(CN3C(=O)c4ccccc4C3=O)cc(c1O)COC2. The molecule has 0 atom stereocenters. The van der Waals surface area contributed by atoms with E-state index in [1.54, 1.807) is 36.4 Å². The van der Waals surface area contributed by atoms with Crippen molar-refractivity contribution in [2.75, 3.05) is 0 Å². The second-order valence-electron chi connectivity index (χ2n) is 15.3. The van der Waals surface area contributed by atoms with E-state index in [1.165, 1.54) is 4.90 Å². The topological polar surface area (TPSA) is 126 Å². The standard InChI is InChI=1S/C41H45NO8/c1-40(2,3)31-13-27-20-48-18-25-11-24(17-42-38(46)33-9-7-8-10-34(33)39(42)47)12-26(35(25)43)19-49-21-28-14-32(41(4,5)6)16-30(37(28)45)23-50-22-29(15-31)36(27)44/h7-16,43-45H,17-23H2,1-6H3.